The maximum absolute atomic E-state index is 13.2. The first-order chi connectivity index (χ1) is 22.0. The molecule has 0 radical (unpaired) electrons. The van der Waals surface area contributed by atoms with Crippen molar-refractivity contribution in [3.05, 3.63) is 30.0 Å². The number of hydrogen-bond acceptors (Lipinski definition) is 10. The molecule has 3 heterocycles. The van der Waals surface area contributed by atoms with E-state index in [2.05, 4.69) is 25.8 Å². The van der Waals surface area contributed by atoms with E-state index in [0.29, 0.717) is 60.9 Å². The standard InChI is InChI=1S/C33H49N7O5/c1-4-27-32(42)39(2)28-22-36-33(38-30(28)40(27)24-9-5-6-10-24)37-26-12-11-23(21-29(26)43-3)31(41)35-17-20-44-18-7-8-19-45-25-13-15-34-16-14-25/h11-12,21-22,24-25,27,34H,4-10,13-20H2,1-3H3,(H,35,41)(H,36,37,38)/t27-/m1/s1. The summed E-state index contributed by atoms with van der Waals surface area (Å²) in [6.45, 7) is 6.42. The molecule has 2 amide bonds. The van der Waals surface area contributed by atoms with E-state index in [1.54, 1.807) is 43.5 Å². The van der Waals surface area contributed by atoms with E-state index in [4.69, 9.17) is 19.2 Å². The zero-order valence-electron chi connectivity index (χ0n) is 27.0. The molecule has 1 aromatic heterocycles. The molecule has 3 aliphatic rings. The second-order valence-corrected chi connectivity index (χ2v) is 12.0. The summed E-state index contributed by atoms with van der Waals surface area (Å²) in [5.74, 6) is 1.56. The molecule has 0 bridgehead atoms. The van der Waals surface area contributed by atoms with E-state index in [-0.39, 0.29) is 23.9 Å². The lowest BCUT2D eigenvalue weighted by Crippen LogP contribution is -2.55. The Morgan fingerprint density at radius 1 is 1.09 bits per heavy atom. The molecule has 1 aromatic carbocycles. The second kappa shape index (κ2) is 16.2. The van der Waals surface area contributed by atoms with Crippen molar-refractivity contribution in [3.8, 4) is 5.75 Å². The van der Waals surface area contributed by atoms with Crippen molar-refractivity contribution in [2.75, 3.05) is 68.7 Å². The van der Waals surface area contributed by atoms with Crippen molar-refractivity contribution in [2.45, 2.75) is 82.9 Å². The number of carbonyl (C=O) groups excluding carboxylic acids is 2. The lowest BCUT2D eigenvalue weighted by atomic mass is 10.0. The smallest absolute Gasteiger partial charge is 0.251 e. The number of benzene rings is 1. The zero-order valence-corrected chi connectivity index (χ0v) is 27.0. The van der Waals surface area contributed by atoms with Crippen molar-refractivity contribution in [1.82, 2.24) is 20.6 Å². The maximum Gasteiger partial charge on any atom is 0.251 e. The Balaban J connectivity index is 1.12. The average molecular weight is 624 g/mol. The summed E-state index contributed by atoms with van der Waals surface area (Å²) in [6.07, 6.45) is 11.3. The number of nitrogens with one attached hydrogen (secondary N) is 3. The number of rotatable bonds is 15. The number of carbonyl (C=O) groups is 2. The molecule has 45 heavy (non-hydrogen) atoms. The molecule has 5 rings (SSSR count). The summed E-state index contributed by atoms with van der Waals surface area (Å²) in [4.78, 5) is 39.3. The average Bonchev–Trinajstić information content (AvgIpc) is 3.60. The molecule has 3 N–H and O–H groups in total. The number of unbranched alkanes of at least 4 members (excludes halogenated alkanes) is 1. The number of piperidine rings is 1. The highest BCUT2D eigenvalue weighted by Gasteiger charge is 2.41. The van der Waals surface area contributed by atoms with Crippen LogP contribution in [0.1, 0.15) is 75.1 Å². The molecule has 246 valence electrons. The van der Waals surface area contributed by atoms with Gasteiger partial charge in [-0.05, 0) is 76.2 Å². The van der Waals surface area contributed by atoms with Gasteiger partial charge in [-0.3, -0.25) is 9.59 Å². The molecule has 0 unspecified atom stereocenters. The molecule has 1 atom stereocenters. The fourth-order valence-electron chi connectivity index (χ4n) is 6.46. The number of hydrogen-bond donors (Lipinski definition) is 3. The van der Waals surface area contributed by atoms with Gasteiger partial charge in [-0.1, -0.05) is 19.8 Å². The van der Waals surface area contributed by atoms with Gasteiger partial charge >= 0.3 is 0 Å². The van der Waals surface area contributed by atoms with Gasteiger partial charge in [0, 0.05) is 38.4 Å². The Bertz CT molecular complexity index is 1280. The van der Waals surface area contributed by atoms with E-state index in [9.17, 15) is 9.59 Å². The SMILES string of the molecule is CC[C@@H]1C(=O)N(C)c2cnc(Nc3ccc(C(=O)NCCOCCCCOC4CCNCC4)cc3OC)nc2N1C1CCCC1. The minimum Gasteiger partial charge on any atom is -0.495 e. The highest BCUT2D eigenvalue weighted by Crippen LogP contribution is 2.40. The molecule has 1 aliphatic carbocycles. The van der Waals surface area contributed by atoms with Gasteiger partial charge in [0.2, 0.25) is 11.9 Å². The number of fused-ring (bicyclic) bond motifs is 1. The molecule has 2 aromatic rings. The van der Waals surface area contributed by atoms with Crippen LogP contribution in [-0.2, 0) is 14.3 Å². The van der Waals surface area contributed by atoms with Gasteiger partial charge in [-0.25, -0.2) is 4.98 Å². The van der Waals surface area contributed by atoms with Crippen LogP contribution in [0.25, 0.3) is 0 Å². The maximum atomic E-state index is 13.2. The molecule has 0 spiro atoms. The third-order valence-corrected chi connectivity index (χ3v) is 8.98. The Morgan fingerprint density at radius 3 is 2.62 bits per heavy atom. The van der Waals surface area contributed by atoms with E-state index < -0.39 is 0 Å². The number of methoxy groups -OCH3 is 1. The van der Waals surface area contributed by atoms with Crippen LogP contribution in [0.5, 0.6) is 5.75 Å². The van der Waals surface area contributed by atoms with E-state index >= 15 is 0 Å². The van der Waals surface area contributed by atoms with Crippen LogP contribution in [0.2, 0.25) is 0 Å². The Kier molecular flexibility index (Phi) is 11.8. The number of aromatic nitrogens is 2. The van der Waals surface area contributed by atoms with Crippen LogP contribution in [0, 0.1) is 0 Å². The van der Waals surface area contributed by atoms with Gasteiger partial charge in [-0.2, -0.15) is 4.98 Å². The Labute approximate surface area is 266 Å². The topological polar surface area (TPSA) is 130 Å². The summed E-state index contributed by atoms with van der Waals surface area (Å²) in [7, 11) is 3.36. The zero-order chi connectivity index (χ0) is 31.6. The summed E-state index contributed by atoms with van der Waals surface area (Å²) in [6, 6.07) is 5.28. The first-order valence-electron chi connectivity index (χ1n) is 16.6. The van der Waals surface area contributed by atoms with Crippen molar-refractivity contribution in [2.24, 2.45) is 0 Å². The highest BCUT2D eigenvalue weighted by atomic mass is 16.5. The fourth-order valence-corrected chi connectivity index (χ4v) is 6.46. The fraction of sp³-hybridized carbons (Fsp3) is 0.636. The van der Waals surface area contributed by atoms with Gasteiger partial charge in [0.15, 0.2) is 5.82 Å². The molecule has 2 aliphatic heterocycles. The first kappa shape index (κ1) is 32.9. The number of anilines is 4. The lowest BCUT2D eigenvalue weighted by Gasteiger charge is -2.43. The summed E-state index contributed by atoms with van der Waals surface area (Å²) < 4.78 is 17.2. The monoisotopic (exact) mass is 623 g/mol. The van der Waals surface area contributed by atoms with Crippen molar-refractivity contribution in [3.63, 3.8) is 0 Å². The third kappa shape index (κ3) is 8.22. The lowest BCUT2D eigenvalue weighted by molar-refractivity contribution is -0.120. The molecule has 1 saturated heterocycles. The highest BCUT2D eigenvalue weighted by molar-refractivity contribution is 6.04. The van der Waals surface area contributed by atoms with Crippen LogP contribution in [0.3, 0.4) is 0 Å². The molecular weight excluding hydrogens is 574 g/mol. The van der Waals surface area contributed by atoms with Crippen LogP contribution in [-0.4, -0.2) is 93.6 Å². The van der Waals surface area contributed by atoms with E-state index in [0.717, 1.165) is 76.9 Å². The minimum atomic E-state index is -0.241. The quantitative estimate of drug-likeness (QED) is 0.250. The van der Waals surface area contributed by atoms with Gasteiger partial charge in [0.25, 0.3) is 5.91 Å². The van der Waals surface area contributed by atoms with Crippen LogP contribution in [0.15, 0.2) is 24.4 Å². The van der Waals surface area contributed by atoms with Crippen molar-refractivity contribution >= 4 is 35.0 Å². The molecule has 12 nitrogen and oxygen atoms in total. The Morgan fingerprint density at radius 2 is 1.87 bits per heavy atom. The van der Waals surface area contributed by atoms with E-state index in [1.165, 1.54) is 0 Å². The first-order valence-corrected chi connectivity index (χ1v) is 16.6. The molecule has 1 saturated carbocycles. The summed E-state index contributed by atoms with van der Waals surface area (Å²) in [5.41, 5.74) is 1.84. The number of likely N-dealkylation sites (N-methyl/N-ethyl adjacent to an activating group) is 1. The molecular formula is C33H49N7O5. The predicted molar refractivity (Wildman–Crippen MR) is 175 cm³/mol. The predicted octanol–water partition coefficient (Wildman–Crippen LogP) is 4.03. The number of amides is 2. The van der Waals surface area contributed by atoms with Crippen molar-refractivity contribution < 1.29 is 23.8 Å². The van der Waals surface area contributed by atoms with Gasteiger partial charge in [-0.15, -0.1) is 0 Å². The third-order valence-electron chi connectivity index (χ3n) is 8.98. The number of nitrogens with zero attached hydrogens (tertiary/aromatic N) is 4. The minimum absolute atomic E-state index is 0.0803. The second-order valence-electron chi connectivity index (χ2n) is 12.0. The van der Waals surface area contributed by atoms with Crippen LogP contribution >= 0.6 is 0 Å². The van der Waals surface area contributed by atoms with Gasteiger partial charge in [0.05, 0.1) is 31.7 Å². The van der Waals surface area contributed by atoms with Gasteiger partial charge in [0.1, 0.15) is 17.5 Å². The number of ether oxygens (including phenoxy) is 3. The van der Waals surface area contributed by atoms with E-state index in [1.807, 2.05) is 6.92 Å². The van der Waals surface area contributed by atoms with Crippen molar-refractivity contribution in [1.29, 1.82) is 0 Å². The normalized spacial score (nSPS) is 19.1. The summed E-state index contributed by atoms with van der Waals surface area (Å²) in [5, 5.41) is 9.53. The van der Waals surface area contributed by atoms with Crippen LogP contribution < -0.4 is 30.5 Å². The molecule has 12 heteroatoms. The summed E-state index contributed by atoms with van der Waals surface area (Å²) >= 11 is 0. The molecule has 2 fully saturated rings. The largest absolute Gasteiger partial charge is 0.495 e. The van der Waals surface area contributed by atoms with Crippen LogP contribution in [0.4, 0.5) is 23.1 Å². The van der Waals surface area contributed by atoms with Gasteiger partial charge < -0.3 is 40.0 Å². The Hall–Kier alpha value is -3.48.